The molecule has 0 saturated heterocycles. The van der Waals surface area contributed by atoms with Gasteiger partial charge in [0.25, 0.3) is 0 Å². The first kappa shape index (κ1) is 66.9. The van der Waals surface area contributed by atoms with Crippen LogP contribution >= 0.6 is 0 Å². The van der Waals surface area contributed by atoms with Gasteiger partial charge in [-0.05, 0) is 39.5 Å². The van der Waals surface area contributed by atoms with Crippen LogP contribution in [0.2, 0.25) is 0 Å². The maximum Gasteiger partial charge on any atom is 2.00 e. The number of unbranched alkanes of at least 4 members (excludes halogenated alkanes) is 14. The molecule has 0 heterocycles. The maximum atomic E-state index is 11.0. The Hall–Kier alpha value is -3.17. The second-order valence-electron chi connectivity index (χ2n) is 14.9. The summed E-state index contributed by atoms with van der Waals surface area (Å²) >= 11 is 0. The van der Waals surface area contributed by atoms with Crippen LogP contribution in [0.5, 0.6) is 0 Å². The number of hydrogen-bond donors (Lipinski definition) is 10. The third kappa shape index (κ3) is 46.2. The molecule has 0 aromatic carbocycles. The van der Waals surface area contributed by atoms with Crippen molar-refractivity contribution in [1.29, 1.82) is 0 Å². The zero-order valence-corrected chi connectivity index (χ0v) is 38.1. The predicted octanol–water partition coefficient (Wildman–Crippen LogP) is 4.10. The summed E-state index contributed by atoms with van der Waals surface area (Å²) < 4.78 is 9.45. The molecular formula is C42H78MgO18. The Balaban J connectivity index is -0.000000131. The van der Waals surface area contributed by atoms with Gasteiger partial charge in [-0.25, -0.2) is 9.59 Å². The van der Waals surface area contributed by atoms with Gasteiger partial charge in [0.2, 0.25) is 0 Å². The molecule has 0 aliphatic rings. The van der Waals surface area contributed by atoms with E-state index in [0.717, 1.165) is 103 Å². The second kappa shape index (κ2) is 44.9. The van der Waals surface area contributed by atoms with E-state index in [2.05, 4.69) is 13.2 Å². The molecule has 356 valence electrons. The molecule has 10 N–H and O–H groups in total. The standard InChI is InChI=1S/2C12H22O4.2C9H16O5.Mg.2H/c2*13-11(14)9-7-5-3-1-2-4-6-8-10-12(15)16;2*1-7(2)8(13)14-6-9(3-10,4-11)5-12;;;/h2*1-10H2,(H,13,14)(H,15,16);2*10-12H,1,3-6H2,2H3;;;/q;;;;+2;2*-1. The van der Waals surface area contributed by atoms with Crippen molar-refractivity contribution in [3.05, 3.63) is 24.3 Å². The van der Waals surface area contributed by atoms with E-state index >= 15 is 0 Å². The number of carboxylic acids is 4. The van der Waals surface area contributed by atoms with Crippen LogP contribution in [-0.4, -0.2) is 163 Å². The molecule has 0 radical (unpaired) electrons. The fourth-order valence-electron chi connectivity index (χ4n) is 4.48. The summed E-state index contributed by atoms with van der Waals surface area (Å²) in [7, 11) is 0. The molecular weight excluding hydrogens is 817 g/mol. The Morgan fingerprint density at radius 2 is 0.557 bits per heavy atom. The molecule has 0 spiro atoms. The van der Waals surface area contributed by atoms with Gasteiger partial charge in [0.05, 0.1) is 50.5 Å². The summed E-state index contributed by atoms with van der Waals surface area (Å²) in [4.78, 5) is 62.8. The number of hydrogen-bond acceptors (Lipinski definition) is 14. The third-order valence-electron chi connectivity index (χ3n) is 8.79. The number of rotatable bonds is 34. The zero-order valence-electron chi connectivity index (χ0n) is 38.7. The minimum absolute atomic E-state index is 0. The van der Waals surface area contributed by atoms with Crippen LogP contribution in [0.15, 0.2) is 24.3 Å². The van der Waals surface area contributed by atoms with Crippen molar-refractivity contribution in [3.63, 3.8) is 0 Å². The van der Waals surface area contributed by atoms with Gasteiger partial charge in [0.15, 0.2) is 0 Å². The van der Waals surface area contributed by atoms with E-state index in [1.807, 2.05) is 0 Å². The number of ether oxygens (including phenoxy) is 2. The number of aliphatic hydroxyl groups excluding tert-OH is 6. The molecule has 0 unspecified atom stereocenters. The molecule has 0 amide bonds. The van der Waals surface area contributed by atoms with E-state index in [1.165, 1.54) is 13.8 Å². The van der Waals surface area contributed by atoms with Crippen molar-refractivity contribution in [2.75, 3.05) is 52.9 Å². The first-order valence-corrected chi connectivity index (χ1v) is 20.5. The fraction of sp³-hybridized carbons (Fsp3) is 0.762. The Kier molecular flexibility index (Phi) is 49.2. The van der Waals surface area contributed by atoms with Gasteiger partial charge in [0.1, 0.15) is 13.2 Å². The SMILES string of the molecule is C=C(C)C(=O)OCC(CO)(CO)CO.C=C(C)C(=O)OCC(CO)(CO)CO.O=C(O)CCCCCCCCCCC(=O)O.O=C(O)CCCCCCCCCCC(=O)O.[H-].[H-].[Mg+2]. The summed E-state index contributed by atoms with van der Waals surface area (Å²) in [5.41, 5.74) is -1.89. The van der Waals surface area contributed by atoms with E-state index < -0.39 is 86.3 Å². The minimum atomic E-state index is -1.18. The van der Waals surface area contributed by atoms with E-state index in [-0.39, 0.29) is 75.9 Å². The van der Waals surface area contributed by atoms with Crippen LogP contribution in [0.4, 0.5) is 0 Å². The molecule has 19 heteroatoms. The maximum absolute atomic E-state index is 11.0. The van der Waals surface area contributed by atoms with Crippen LogP contribution < -0.4 is 0 Å². The van der Waals surface area contributed by atoms with E-state index in [9.17, 15) is 28.8 Å². The molecule has 61 heavy (non-hydrogen) atoms. The summed E-state index contributed by atoms with van der Waals surface area (Å²) in [6.07, 6.45) is 17.0. The van der Waals surface area contributed by atoms with Crippen LogP contribution in [0.25, 0.3) is 0 Å². The second-order valence-corrected chi connectivity index (χ2v) is 14.9. The Labute approximate surface area is 380 Å². The monoisotopic (exact) mass is 895 g/mol. The van der Waals surface area contributed by atoms with Crippen molar-refractivity contribution in [1.82, 2.24) is 0 Å². The van der Waals surface area contributed by atoms with E-state index in [4.69, 9.17) is 60.5 Å². The van der Waals surface area contributed by atoms with Crippen molar-refractivity contribution in [3.8, 4) is 0 Å². The van der Waals surface area contributed by atoms with Crippen LogP contribution in [-0.2, 0) is 38.2 Å². The van der Waals surface area contributed by atoms with Gasteiger partial charge < -0.3 is 63.4 Å². The molecule has 0 rings (SSSR count). The molecule has 0 aliphatic carbocycles. The molecule has 0 aromatic heterocycles. The topological polar surface area (TPSA) is 323 Å². The Morgan fingerprint density at radius 1 is 0.393 bits per heavy atom. The van der Waals surface area contributed by atoms with Gasteiger partial charge in [0, 0.05) is 36.8 Å². The summed E-state index contributed by atoms with van der Waals surface area (Å²) in [5.74, 6) is -4.07. The van der Waals surface area contributed by atoms with Gasteiger partial charge in [-0.1, -0.05) is 90.2 Å². The largest absolute Gasteiger partial charge is 2.00 e. The van der Waals surface area contributed by atoms with Crippen molar-refractivity contribution in [2.24, 2.45) is 10.8 Å². The number of aliphatic carboxylic acids is 4. The average Bonchev–Trinajstić information content (AvgIpc) is 3.20. The van der Waals surface area contributed by atoms with Gasteiger partial charge in [-0.3, -0.25) is 19.2 Å². The van der Waals surface area contributed by atoms with Crippen molar-refractivity contribution >= 4 is 58.9 Å². The smallest absolute Gasteiger partial charge is 1.00 e. The van der Waals surface area contributed by atoms with Crippen molar-refractivity contribution in [2.45, 2.75) is 142 Å². The number of esters is 2. The first-order valence-electron chi connectivity index (χ1n) is 20.5. The number of carbonyl (C=O) groups is 6. The third-order valence-corrected chi connectivity index (χ3v) is 8.79. The molecule has 0 atom stereocenters. The average molecular weight is 895 g/mol. The molecule has 0 fully saturated rings. The Bertz CT molecular complexity index is 1050. The zero-order chi connectivity index (χ0) is 46.8. The van der Waals surface area contributed by atoms with E-state index in [0.29, 0.717) is 0 Å². The van der Waals surface area contributed by atoms with Gasteiger partial charge in [-0.2, -0.15) is 0 Å². The first-order chi connectivity index (χ1) is 28.3. The number of aliphatic hydroxyl groups is 6. The van der Waals surface area contributed by atoms with Crippen LogP contribution in [0.1, 0.15) is 145 Å². The number of carbonyl (C=O) groups excluding carboxylic acids is 2. The van der Waals surface area contributed by atoms with Gasteiger partial charge in [-0.15, -0.1) is 0 Å². The normalized spacial score (nSPS) is 10.5. The van der Waals surface area contributed by atoms with Crippen molar-refractivity contribution < 1.29 is 92.2 Å². The number of carboxylic acid groups (broad SMARTS) is 4. The fourth-order valence-corrected chi connectivity index (χ4v) is 4.48. The molecule has 18 nitrogen and oxygen atoms in total. The summed E-state index contributed by atoms with van der Waals surface area (Å²) in [5, 5.41) is 87.0. The molecule has 0 aliphatic heterocycles. The summed E-state index contributed by atoms with van der Waals surface area (Å²) in [6.45, 7) is 6.52. The minimum Gasteiger partial charge on any atom is -1.00 e. The molecule has 0 bridgehead atoms. The predicted molar refractivity (Wildman–Crippen MR) is 230 cm³/mol. The van der Waals surface area contributed by atoms with E-state index in [1.54, 1.807) is 0 Å². The summed E-state index contributed by atoms with van der Waals surface area (Å²) in [6, 6.07) is 0. The van der Waals surface area contributed by atoms with Gasteiger partial charge >= 0.3 is 58.9 Å². The molecule has 0 aromatic rings. The quantitative estimate of drug-likeness (QED) is 0.0188. The Morgan fingerprint density at radius 3 is 0.689 bits per heavy atom. The molecule has 0 saturated carbocycles. The van der Waals surface area contributed by atoms with Crippen LogP contribution in [0, 0.1) is 10.8 Å². The van der Waals surface area contributed by atoms with Crippen LogP contribution in [0.3, 0.4) is 0 Å².